The van der Waals surface area contributed by atoms with Crippen molar-refractivity contribution in [1.82, 2.24) is 0 Å². The summed E-state index contributed by atoms with van der Waals surface area (Å²) in [5.74, 6) is -1.53. The van der Waals surface area contributed by atoms with Crippen LogP contribution in [0.25, 0.3) is 0 Å². The third kappa shape index (κ3) is 7.53. The molecule has 0 bridgehead atoms. The highest BCUT2D eigenvalue weighted by Crippen LogP contribution is 2.25. The monoisotopic (exact) mass is 224 g/mol. The van der Waals surface area contributed by atoms with E-state index in [4.69, 9.17) is 4.55 Å². The summed E-state index contributed by atoms with van der Waals surface area (Å²) in [6.45, 7) is 0. The molecule has 0 fully saturated rings. The number of allylic oxidation sites excluding steroid dienone is 1. The maximum absolute atomic E-state index is 11.6. The van der Waals surface area contributed by atoms with Crippen LogP contribution in [0.15, 0.2) is 12.1 Å². The number of halogens is 4. The van der Waals surface area contributed by atoms with E-state index in [1.54, 1.807) is 0 Å². The van der Waals surface area contributed by atoms with Gasteiger partial charge in [-0.1, -0.05) is 0 Å². The van der Waals surface area contributed by atoms with Crippen molar-refractivity contribution in [1.29, 1.82) is 0 Å². The van der Waals surface area contributed by atoms with E-state index in [1.807, 2.05) is 0 Å². The van der Waals surface area contributed by atoms with Crippen LogP contribution in [0.3, 0.4) is 0 Å². The van der Waals surface area contributed by atoms with Crippen LogP contribution in [0, 0.1) is 0 Å². The molecular formula is C4H4F4O4S. The van der Waals surface area contributed by atoms with Crippen molar-refractivity contribution in [3.63, 3.8) is 0 Å². The third-order valence-corrected chi connectivity index (χ3v) is 1.13. The van der Waals surface area contributed by atoms with E-state index in [2.05, 4.69) is 4.18 Å². The van der Waals surface area contributed by atoms with Gasteiger partial charge in [-0.15, -0.1) is 0 Å². The Hall–Kier alpha value is -0.830. The minimum Gasteiger partial charge on any atom is -0.364 e. The fourth-order valence-corrected chi connectivity index (χ4v) is 0.785. The van der Waals surface area contributed by atoms with Crippen molar-refractivity contribution in [2.24, 2.45) is 0 Å². The van der Waals surface area contributed by atoms with Gasteiger partial charge in [0.1, 0.15) is 12.8 Å². The van der Waals surface area contributed by atoms with E-state index in [9.17, 15) is 26.0 Å². The number of hydrogen-bond donors (Lipinski definition) is 1. The summed E-state index contributed by atoms with van der Waals surface area (Å²) >= 11 is 0. The summed E-state index contributed by atoms with van der Waals surface area (Å²) in [5, 5.41) is 0. The van der Waals surface area contributed by atoms with Crippen LogP contribution in [-0.2, 0) is 14.6 Å². The van der Waals surface area contributed by atoms with Crippen molar-refractivity contribution in [2.75, 3.05) is 0 Å². The first-order valence-corrected chi connectivity index (χ1v) is 4.03. The molecular weight excluding hydrogens is 220 g/mol. The van der Waals surface area contributed by atoms with Gasteiger partial charge in [-0.3, -0.25) is 4.55 Å². The first-order valence-electron chi connectivity index (χ1n) is 2.67. The molecule has 0 aliphatic heterocycles. The number of alkyl halides is 3. The molecule has 13 heavy (non-hydrogen) atoms. The Balaban J connectivity index is 4.42. The van der Waals surface area contributed by atoms with Gasteiger partial charge in [-0.05, 0) is 0 Å². The molecule has 0 aliphatic rings. The molecule has 0 aromatic rings. The minimum atomic E-state index is -5.12. The fourth-order valence-electron chi connectivity index (χ4n) is 0.419. The van der Waals surface area contributed by atoms with E-state index in [0.717, 1.165) is 0 Å². The van der Waals surface area contributed by atoms with Gasteiger partial charge in [0, 0.05) is 0 Å². The molecule has 0 aliphatic carbocycles. The molecule has 0 saturated heterocycles. The maximum Gasteiger partial charge on any atom is 0.446 e. The number of hydrogen-bond acceptors (Lipinski definition) is 3. The lowest BCUT2D eigenvalue weighted by molar-refractivity contribution is -0.131. The maximum atomic E-state index is 11.6. The quantitative estimate of drug-likeness (QED) is 0.449. The third-order valence-electron chi connectivity index (χ3n) is 0.709. The lowest BCUT2D eigenvalue weighted by atomic mass is 10.4. The van der Waals surface area contributed by atoms with Crippen LogP contribution in [-0.4, -0.2) is 19.1 Å². The van der Waals surface area contributed by atoms with Gasteiger partial charge in [-0.2, -0.15) is 21.6 Å². The van der Waals surface area contributed by atoms with Gasteiger partial charge in [0.05, 0.1) is 0 Å². The summed E-state index contributed by atoms with van der Waals surface area (Å²) < 4.78 is 76.9. The Morgan fingerprint density at radius 1 is 1.46 bits per heavy atom. The van der Waals surface area contributed by atoms with Gasteiger partial charge in [0.15, 0.2) is 5.76 Å². The molecule has 1 N–H and O–H groups in total. The molecule has 0 heterocycles. The van der Waals surface area contributed by atoms with Crippen molar-refractivity contribution in [3.05, 3.63) is 12.1 Å². The van der Waals surface area contributed by atoms with Crippen molar-refractivity contribution in [3.8, 4) is 0 Å². The highest BCUT2D eigenvalue weighted by Gasteiger charge is 2.31. The van der Waals surface area contributed by atoms with E-state index in [1.165, 1.54) is 0 Å². The standard InChI is InChI=1S/C4H4F4O4S/c5-2-3(1-4(6,7)8)12-13(9,10)11/h2H,1H2,(H,9,10,11). The van der Waals surface area contributed by atoms with E-state index in [-0.39, 0.29) is 0 Å². The molecule has 0 aromatic heterocycles. The zero-order chi connectivity index (χ0) is 10.7. The highest BCUT2D eigenvalue weighted by atomic mass is 32.3. The van der Waals surface area contributed by atoms with Crippen molar-refractivity contribution >= 4 is 10.4 Å². The molecule has 0 aromatic carbocycles. The Bertz CT molecular complexity index is 290. The van der Waals surface area contributed by atoms with E-state index < -0.39 is 35.1 Å². The van der Waals surface area contributed by atoms with Gasteiger partial charge >= 0.3 is 16.6 Å². The predicted octanol–water partition coefficient (Wildman–Crippen LogP) is 1.57. The Labute approximate surface area is 70.8 Å². The second kappa shape index (κ2) is 3.92. The average molecular weight is 224 g/mol. The van der Waals surface area contributed by atoms with Crippen molar-refractivity contribution < 1.29 is 34.7 Å². The van der Waals surface area contributed by atoms with Crippen LogP contribution < -0.4 is 0 Å². The molecule has 0 saturated carbocycles. The highest BCUT2D eigenvalue weighted by molar-refractivity contribution is 7.81. The first-order chi connectivity index (χ1) is 5.64. The zero-order valence-electron chi connectivity index (χ0n) is 5.88. The predicted molar refractivity (Wildman–Crippen MR) is 32.5 cm³/mol. The summed E-state index contributed by atoms with van der Waals surface area (Å²) in [6.07, 6.45) is -7.42. The number of rotatable bonds is 3. The van der Waals surface area contributed by atoms with Gasteiger partial charge in [0.25, 0.3) is 0 Å². The van der Waals surface area contributed by atoms with Crippen LogP contribution in [0.5, 0.6) is 0 Å². The molecule has 0 spiro atoms. The smallest absolute Gasteiger partial charge is 0.364 e. The lowest BCUT2D eigenvalue weighted by Gasteiger charge is -2.07. The lowest BCUT2D eigenvalue weighted by Crippen LogP contribution is -2.12. The molecule has 0 amide bonds. The second-order valence-electron chi connectivity index (χ2n) is 1.88. The average Bonchev–Trinajstić information content (AvgIpc) is 1.79. The van der Waals surface area contributed by atoms with Gasteiger partial charge in [-0.25, -0.2) is 4.39 Å². The van der Waals surface area contributed by atoms with Crippen molar-refractivity contribution in [2.45, 2.75) is 12.6 Å². The van der Waals surface area contributed by atoms with Crippen LogP contribution >= 0.6 is 0 Å². The van der Waals surface area contributed by atoms with Crippen LogP contribution in [0.1, 0.15) is 6.42 Å². The Morgan fingerprint density at radius 3 is 2.15 bits per heavy atom. The molecule has 78 valence electrons. The molecule has 0 rings (SSSR count). The van der Waals surface area contributed by atoms with Gasteiger partial charge in [0.2, 0.25) is 0 Å². The fraction of sp³-hybridized carbons (Fsp3) is 0.500. The Morgan fingerprint density at radius 2 is 1.92 bits per heavy atom. The molecule has 0 unspecified atom stereocenters. The van der Waals surface area contributed by atoms with Crippen LogP contribution in [0.4, 0.5) is 17.6 Å². The zero-order valence-corrected chi connectivity index (χ0v) is 6.69. The second-order valence-corrected chi connectivity index (χ2v) is 2.90. The normalized spacial score (nSPS) is 14.4. The largest absolute Gasteiger partial charge is 0.446 e. The Kier molecular flexibility index (Phi) is 3.67. The van der Waals surface area contributed by atoms with E-state index in [0.29, 0.717) is 0 Å². The topological polar surface area (TPSA) is 63.6 Å². The van der Waals surface area contributed by atoms with Gasteiger partial charge < -0.3 is 4.18 Å². The summed E-state index contributed by atoms with van der Waals surface area (Å²) in [7, 11) is -5.12. The van der Waals surface area contributed by atoms with E-state index >= 15 is 0 Å². The molecule has 9 heteroatoms. The minimum absolute atomic E-state index is 0.693. The SMILES string of the molecule is O=S(=O)(O)OC(=CF)CC(F)(F)F. The molecule has 0 radical (unpaired) electrons. The summed E-state index contributed by atoms with van der Waals surface area (Å²) in [4.78, 5) is 0. The van der Waals surface area contributed by atoms with Crippen LogP contribution in [0.2, 0.25) is 0 Å². The summed E-state index contributed by atoms with van der Waals surface area (Å²) in [6, 6.07) is 0. The molecule has 4 nitrogen and oxygen atoms in total. The first kappa shape index (κ1) is 12.2. The summed E-state index contributed by atoms with van der Waals surface area (Å²) in [5.41, 5.74) is 0. The molecule has 0 atom stereocenters.